The lowest BCUT2D eigenvalue weighted by Crippen LogP contribution is -2.19. The summed E-state index contributed by atoms with van der Waals surface area (Å²) in [5, 5.41) is 9.71. The van der Waals surface area contributed by atoms with Crippen molar-refractivity contribution in [2.24, 2.45) is 0 Å². The summed E-state index contributed by atoms with van der Waals surface area (Å²) in [6, 6.07) is 56.5. The molecule has 0 bridgehead atoms. The highest BCUT2D eigenvalue weighted by Crippen LogP contribution is 2.53. The summed E-state index contributed by atoms with van der Waals surface area (Å²) in [6.07, 6.45) is 0. The van der Waals surface area contributed by atoms with Crippen LogP contribution in [0.1, 0.15) is 0 Å². The molecule has 3 aromatic heterocycles. The molecule has 0 saturated heterocycles. The standard InChI is InChI=1S/C47H26N4S2/c1-2-14-29-27(11-1)25-26-38-42(29)34-19-7-12-28-13-8-22-37(41(28)34)51(38)47-49-45(35-20-9-17-32-30-15-3-5-23-39(30)52-43(32)35)48-46(50-47)36-21-10-18-33-31-16-4-6-24-40(31)53-44(33)36/h1-26H. The van der Waals surface area contributed by atoms with Crippen molar-refractivity contribution in [3.05, 3.63) is 158 Å². The second-order valence-electron chi connectivity index (χ2n) is 13.5. The molecule has 53 heavy (non-hydrogen) atoms. The van der Waals surface area contributed by atoms with Gasteiger partial charge in [0.25, 0.3) is 0 Å². The number of thiophene rings is 2. The fraction of sp³-hybridized carbons (Fsp3) is 0. The van der Waals surface area contributed by atoms with Crippen molar-refractivity contribution in [2.45, 2.75) is 0 Å². The molecule has 8 aromatic carbocycles. The third kappa shape index (κ3) is 4.19. The summed E-state index contributed by atoms with van der Waals surface area (Å²) < 4.78 is 4.85. The number of nitrogens with zero attached hydrogens (tertiary/aromatic N) is 4. The third-order valence-electron chi connectivity index (χ3n) is 10.7. The van der Waals surface area contributed by atoms with E-state index in [1.54, 1.807) is 22.7 Å². The van der Waals surface area contributed by atoms with Crippen LogP contribution in [0.3, 0.4) is 0 Å². The first-order chi connectivity index (χ1) is 26.3. The summed E-state index contributed by atoms with van der Waals surface area (Å²) in [4.78, 5) is 18.5. The van der Waals surface area contributed by atoms with Crippen molar-refractivity contribution in [3.63, 3.8) is 0 Å². The Labute approximate surface area is 311 Å². The molecular weight excluding hydrogens is 685 g/mol. The number of aromatic nitrogens is 3. The van der Waals surface area contributed by atoms with Gasteiger partial charge in [-0.15, -0.1) is 22.7 Å². The van der Waals surface area contributed by atoms with Gasteiger partial charge in [0.2, 0.25) is 5.95 Å². The highest BCUT2D eigenvalue weighted by molar-refractivity contribution is 7.26. The smallest absolute Gasteiger partial charge is 0.238 e. The number of anilines is 3. The molecule has 11 aromatic rings. The molecule has 0 aliphatic carbocycles. The lowest BCUT2D eigenvalue weighted by atomic mass is 9.88. The van der Waals surface area contributed by atoms with Crippen molar-refractivity contribution in [2.75, 3.05) is 4.90 Å². The Hall–Kier alpha value is -6.47. The topological polar surface area (TPSA) is 41.9 Å². The highest BCUT2D eigenvalue weighted by Gasteiger charge is 2.30. The SMILES string of the molecule is c1ccc2c3c(ccc2c1)N(c1nc(-c2cccc4c2sc2ccccc24)nc(-c2cccc4c2sc2ccccc24)n1)c1cccc2cccc-3c12. The summed E-state index contributed by atoms with van der Waals surface area (Å²) in [5.74, 6) is 1.92. The van der Waals surface area contributed by atoms with E-state index in [0.717, 1.165) is 22.5 Å². The van der Waals surface area contributed by atoms with E-state index in [1.165, 1.54) is 73.0 Å². The maximum atomic E-state index is 5.45. The van der Waals surface area contributed by atoms with E-state index in [2.05, 4.69) is 163 Å². The average Bonchev–Trinajstić information content (AvgIpc) is 3.79. The number of rotatable bonds is 3. The fourth-order valence-electron chi connectivity index (χ4n) is 8.34. The quantitative estimate of drug-likeness (QED) is 0.183. The monoisotopic (exact) mass is 710 g/mol. The van der Waals surface area contributed by atoms with Gasteiger partial charge in [0.15, 0.2) is 11.6 Å². The lowest BCUT2D eigenvalue weighted by molar-refractivity contribution is 1.03. The Morgan fingerprint density at radius 1 is 0.377 bits per heavy atom. The molecule has 0 spiro atoms. The van der Waals surface area contributed by atoms with Crippen molar-refractivity contribution in [3.8, 4) is 33.9 Å². The average molecular weight is 711 g/mol. The Bertz CT molecular complexity index is 3180. The van der Waals surface area contributed by atoms with E-state index < -0.39 is 0 Å². The largest absolute Gasteiger partial charge is 0.278 e. The van der Waals surface area contributed by atoms with E-state index in [9.17, 15) is 0 Å². The van der Waals surface area contributed by atoms with Crippen LogP contribution >= 0.6 is 22.7 Å². The van der Waals surface area contributed by atoms with Gasteiger partial charge < -0.3 is 0 Å². The second-order valence-corrected chi connectivity index (χ2v) is 15.6. The first-order valence-corrected chi connectivity index (χ1v) is 19.3. The van der Waals surface area contributed by atoms with Crippen molar-refractivity contribution >= 4 is 102 Å². The van der Waals surface area contributed by atoms with Crippen LogP contribution in [0, 0.1) is 0 Å². The van der Waals surface area contributed by atoms with Crippen LogP contribution in [-0.4, -0.2) is 15.0 Å². The molecule has 12 rings (SSSR count). The zero-order valence-electron chi connectivity index (χ0n) is 28.1. The zero-order chi connectivity index (χ0) is 34.6. The molecule has 0 amide bonds. The first kappa shape index (κ1) is 29.1. The molecule has 246 valence electrons. The minimum Gasteiger partial charge on any atom is -0.278 e. The molecule has 0 saturated carbocycles. The molecule has 1 aliphatic heterocycles. The molecule has 0 N–H and O–H groups in total. The van der Waals surface area contributed by atoms with Crippen LogP contribution in [0.15, 0.2) is 158 Å². The van der Waals surface area contributed by atoms with E-state index >= 15 is 0 Å². The van der Waals surface area contributed by atoms with Crippen LogP contribution in [-0.2, 0) is 0 Å². The van der Waals surface area contributed by atoms with Gasteiger partial charge >= 0.3 is 0 Å². The molecule has 1 aliphatic rings. The van der Waals surface area contributed by atoms with Crippen molar-refractivity contribution in [1.82, 2.24) is 15.0 Å². The van der Waals surface area contributed by atoms with Gasteiger partial charge in [-0.3, -0.25) is 4.90 Å². The Morgan fingerprint density at radius 3 is 1.58 bits per heavy atom. The molecule has 6 heteroatoms. The van der Waals surface area contributed by atoms with Gasteiger partial charge in [0.05, 0.1) is 11.4 Å². The fourth-order valence-corrected chi connectivity index (χ4v) is 10.8. The maximum Gasteiger partial charge on any atom is 0.238 e. The van der Waals surface area contributed by atoms with E-state index in [-0.39, 0.29) is 0 Å². The van der Waals surface area contributed by atoms with E-state index in [0.29, 0.717) is 17.6 Å². The first-order valence-electron chi connectivity index (χ1n) is 17.7. The third-order valence-corrected chi connectivity index (χ3v) is 13.1. The number of hydrogen-bond acceptors (Lipinski definition) is 6. The number of hydrogen-bond donors (Lipinski definition) is 0. The predicted molar refractivity (Wildman–Crippen MR) is 225 cm³/mol. The van der Waals surface area contributed by atoms with Gasteiger partial charge in [-0.05, 0) is 58.1 Å². The highest BCUT2D eigenvalue weighted by atomic mass is 32.1. The zero-order valence-corrected chi connectivity index (χ0v) is 29.7. The van der Waals surface area contributed by atoms with Crippen molar-refractivity contribution < 1.29 is 0 Å². The minimum atomic E-state index is 0.597. The summed E-state index contributed by atoms with van der Waals surface area (Å²) >= 11 is 3.59. The molecule has 0 radical (unpaired) electrons. The number of benzene rings is 8. The molecule has 4 nitrogen and oxygen atoms in total. The summed E-state index contributed by atoms with van der Waals surface area (Å²) in [6.45, 7) is 0. The normalized spacial score (nSPS) is 12.5. The maximum absolute atomic E-state index is 5.45. The number of fused-ring (bicyclic) bond motifs is 10. The Morgan fingerprint density at radius 2 is 0.906 bits per heavy atom. The van der Waals surface area contributed by atoms with Gasteiger partial charge in [0, 0.05) is 62.4 Å². The van der Waals surface area contributed by atoms with E-state index in [4.69, 9.17) is 15.0 Å². The van der Waals surface area contributed by atoms with Crippen LogP contribution in [0.25, 0.3) is 95.8 Å². The van der Waals surface area contributed by atoms with Gasteiger partial charge in [-0.25, -0.2) is 4.98 Å². The van der Waals surface area contributed by atoms with Gasteiger partial charge in [-0.1, -0.05) is 121 Å². The van der Waals surface area contributed by atoms with Crippen LogP contribution in [0.5, 0.6) is 0 Å². The Kier molecular flexibility index (Phi) is 6.06. The van der Waals surface area contributed by atoms with Gasteiger partial charge in [0.1, 0.15) is 0 Å². The summed E-state index contributed by atoms with van der Waals surface area (Å²) in [7, 11) is 0. The molecule has 0 atom stereocenters. The summed E-state index contributed by atoms with van der Waals surface area (Å²) in [5.41, 5.74) is 6.54. The van der Waals surface area contributed by atoms with Gasteiger partial charge in [-0.2, -0.15) is 9.97 Å². The van der Waals surface area contributed by atoms with Crippen LogP contribution < -0.4 is 4.90 Å². The molecule has 0 unspecified atom stereocenters. The van der Waals surface area contributed by atoms with Crippen molar-refractivity contribution in [1.29, 1.82) is 0 Å². The second kappa shape index (κ2) is 11.0. The molecule has 4 heterocycles. The van der Waals surface area contributed by atoms with Crippen LogP contribution in [0.4, 0.5) is 17.3 Å². The molecule has 0 fully saturated rings. The Balaban J connectivity index is 1.20. The van der Waals surface area contributed by atoms with E-state index in [1.807, 2.05) is 0 Å². The molecular formula is C47H26N4S2. The predicted octanol–water partition coefficient (Wildman–Crippen LogP) is 13.7. The van der Waals surface area contributed by atoms with Crippen LogP contribution in [0.2, 0.25) is 0 Å². The minimum absolute atomic E-state index is 0.597. The lowest BCUT2D eigenvalue weighted by Gasteiger charge is -2.32.